The van der Waals surface area contributed by atoms with E-state index in [0.717, 1.165) is 31.7 Å². The first kappa shape index (κ1) is 23.8. The highest BCUT2D eigenvalue weighted by Gasteiger charge is 2.55. The highest BCUT2D eigenvalue weighted by atomic mass is 19.4. The van der Waals surface area contributed by atoms with Gasteiger partial charge in [0.05, 0.1) is 22.9 Å². The molecule has 1 aromatic rings. The predicted molar refractivity (Wildman–Crippen MR) is 115 cm³/mol. The lowest BCUT2D eigenvalue weighted by Gasteiger charge is -2.58. The minimum atomic E-state index is -4.80. The quantitative estimate of drug-likeness (QED) is 0.597. The summed E-state index contributed by atoms with van der Waals surface area (Å²) in [4.78, 5) is 24.6. The molecule has 2 unspecified atom stereocenters. The van der Waals surface area contributed by atoms with Crippen molar-refractivity contribution in [1.82, 2.24) is 20.4 Å². The van der Waals surface area contributed by atoms with Gasteiger partial charge in [0.25, 0.3) is 5.91 Å². The summed E-state index contributed by atoms with van der Waals surface area (Å²) in [6, 6.07) is -0.238. The van der Waals surface area contributed by atoms with E-state index in [9.17, 15) is 27.9 Å². The summed E-state index contributed by atoms with van der Waals surface area (Å²) in [5, 5.41) is 20.1. The number of amides is 2. The van der Waals surface area contributed by atoms with Crippen molar-refractivity contribution in [2.24, 2.45) is 17.8 Å². The minimum Gasteiger partial charge on any atom is -0.390 e. The lowest BCUT2D eigenvalue weighted by molar-refractivity contribution is -0.143. The first-order valence-electron chi connectivity index (χ1n) is 11.5. The van der Waals surface area contributed by atoms with Crippen molar-refractivity contribution in [1.29, 1.82) is 0 Å². The van der Waals surface area contributed by atoms with Crippen molar-refractivity contribution >= 4 is 18.0 Å². The number of nitrogens with one attached hydrogen (secondary N) is 2. The van der Waals surface area contributed by atoms with E-state index in [0.29, 0.717) is 23.4 Å². The Balaban J connectivity index is 1.55. The van der Waals surface area contributed by atoms with Gasteiger partial charge < -0.3 is 15.7 Å². The third-order valence-corrected chi connectivity index (χ3v) is 7.26. The second-order valence-electron chi connectivity index (χ2n) is 10.5. The van der Waals surface area contributed by atoms with Crippen molar-refractivity contribution < 1.29 is 27.9 Å². The third kappa shape index (κ3) is 4.81. The molecule has 4 aliphatic carbocycles. The Hall–Kier alpha value is -2.36. The molecule has 0 aromatic carbocycles. The van der Waals surface area contributed by atoms with Crippen LogP contribution in [0.2, 0.25) is 0 Å². The molecule has 0 aliphatic heterocycles. The van der Waals surface area contributed by atoms with Gasteiger partial charge in [0.2, 0.25) is 5.91 Å². The molecule has 0 radical (unpaired) electrons. The average molecular weight is 469 g/mol. The molecule has 2 atom stereocenters. The van der Waals surface area contributed by atoms with Crippen LogP contribution in [0, 0.1) is 17.8 Å². The van der Waals surface area contributed by atoms with E-state index in [2.05, 4.69) is 15.7 Å². The van der Waals surface area contributed by atoms with Crippen LogP contribution in [0.1, 0.15) is 75.3 Å². The number of aliphatic hydroxyl groups is 1. The zero-order valence-electron chi connectivity index (χ0n) is 19.1. The van der Waals surface area contributed by atoms with Crippen LogP contribution < -0.4 is 10.6 Å². The van der Waals surface area contributed by atoms with Crippen molar-refractivity contribution in [3.05, 3.63) is 23.5 Å². The Kier molecular flexibility index (Phi) is 5.87. The van der Waals surface area contributed by atoms with Gasteiger partial charge in [-0.25, -0.2) is 4.68 Å². The second-order valence-corrected chi connectivity index (χ2v) is 10.5. The van der Waals surface area contributed by atoms with E-state index in [1.807, 2.05) is 0 Å². The summed E-state index contributed by atoms with van der Waals surface area (Å²) < 4.78 is 42.4. The molecule has 5 rings (SSSR count). The van der Waals surface area contributed by atoms with Crippen molar-refractivity contribution in [3.8, 4) is 0 Å². The zero-order chi connectivity index (χ0) is 24.2. The highest BCUT2D eigenvalue weighted by Crippen LogP contribution is 2.55. The normalized spacial score (nSPS) is 31.2. The van der Waals surface area contributed by atoms with Crippen LogP contribution in [0.3, 0.4) is 0 Å². The van der Waals surface area contributed by atoms with Gasteiger partial charge in [0, 0.05) is 18.7 Å². The molecule has 7 nitrogen and oxygen atoms in total. The Labute approximate surface area is 190 Å². The SMILES string of the molecule is CCC(=O)NC(C)(C)/C=C/n1ncc(C(=O)N[C@H]2C3CC4CC2C[C@](O)(C4)C3)c1C(F)(F)F. The molecule has 4 fully saturated rings. The molecule has 1 aromatic heterocycles. The molecule has 3 N–H and O–H groups in total. The van der Waals surface area contributed by atoms with Crippen LogP contribution in [0.5, 0.6) is 0 Å². The predicted octanol–water partition coefficient (Wildman–Crippen LogP) is 3.35. The second kappa shape index (κ2) is 8.14. The van der Waals surface area contributed by atoms with Crippen LogP contribution in [0.4, 0.5) is 13.2 Å². The topological polar surface area (TPSA) is 96.2 Å². The fourth-order valence-corrected chi connectivity index (χ4v) is 6.12. The molecule has 4 saturated carbocycles. The van der Waals surface area contributed by atoms with Gasteiger partial charge in [-0.05, 0) is 69.8 Å². The molecule has 182 valence electrons. The number of carbonyl (C=O) groups excluding carboxylic acids is 2. The van der Waals surface area contributed by atoms with Crippen molar-refractivity contribution in [2.75, 3.05) is 0 Å². The fourth-order valence-electron chi connectivity index (χ4n) is 6.12. The average Bonchev–Trinajstić information content (AvgIpc) is 3.12. The summed E-state index contributed by atoms with van der Waals surface area (Å²) in [5.74, 6) is -0.447. The molecule has 0 spiro atoms. The lowest BCUT2D eigenvalue weighted by Crippen LogP contribution is -2.61. The van der Waals surface area contributed by atoms with Gasteiger partial charge in [-0.15, -0.1) is 0 Å². The lowest BCUT2D eigenvalue weighted by atomic mass is 9.52. The van der Waals surface area contributed by atoms with Gasteiger partial charge in [0.1, 0.15) is 0 Å². The van der Waals surface area contributed by atoms with E-state index in [1.54, 1.807) is 20.8 Å². The summed E-state index contributed by atoms with van der Waals surface area (Å²) in [5.41, 5.74) is -3.28. The monoisotopic (exact) mass is 468 g/mol. The third-order valence-electron chi connectivity index (χ3n) is 7.26. The van der Waals surface area contributed by atoms with Gasteiger partial charge in [-0.1, -0.05) is 6.92 Å². The summed E-state index contributed by atoms with van der Waals surface area (Å²) in [6.07, 6.45) is 2.62. The maximum atomic E-state index is 13.9. The van der Waals surface area contributed by atoms with Crippen LogP contribution in [-0.2, 0) is 11.0 Å². The van der Waals surface area contributed by atoms with Crippen LogP contribution in [0.15, 0.2) is 12.3 Å². The maximum absolute atomic E-state index is 13.9. The number of aromatic nitrogens is 2. The highest BCUT2D eigenvalue weighted by molar-refractivity contribution is 5.95. The number of alkyl halides is 3. The Morgan fingerprint density at radius 1 is 1.24 bits per heavy atom. The van der Waals surface area contributed by atoms with E-state index in [4.69, 9.17) is 0 Å². The molecule has 0 saturated heterocycles. The van der Waals surface area contributed by atoms with Crippen LogP contribution >= 0.6 is 0 Å². The van der Waals surface area contributed by atoms with E-state index >= 15 is 0 Å². The summed E-state index contributed by atoms with van der Waals surface area (Å²) in [6.45, 7) is 4.99. The molecule has 1 heterocycles. The van der Waals surface area contributed by atoms with Gasteiger partial charge >= 0.3 is 6.18 Å². The van der Waals surface area contributed by atoms with Crippen molar-refractivity contribution in [2.45, 2.75) is 82.7 Å². The van der Waals surface area contributed by atoms with Crippen LogP contribution in [-0.4, -0.2) is 43.9 Å². The minimum absolute atomic E-state index is 0.0810. The van der Waals surface area contributed by atoms with Gasteiger partial charge in [-0.3, -0.25) is 9.59 Å². The smallest absolute Gasteiger partial charge is 0.390 e. The number of hydrogen-bond acceptors (Lipinski definition) is 4. The van der Waals surface area contributed by atoms with E-state index < -0.39 is 34.5 Å². The number of hydrogen-bond donors (Lipinski definition) is 3. The molecule has 4 aliphatic rings. The number of rotatable bonds is 6. The van der Waals surface area contributed by atoms with Crippen LogP contribution in [0.25, 0.3) is 6.20 Å². The molecule has 4 bridgehead atoms. The fraction of sp³-hybridized carbons (Fsp3) is 0.696. The maximum Gasteiger partial charge on any atom is 0.434 e. The standard InChI is InChI=1S/C23H31F3N4O3/c1-4-17(31)29-21(2,3)5-6-30-19(23(24,25)26)16(12-27-30)20(32)28-18-14-7-13-8-15(18)11-22(33,9-13)10-14/h5-6,12-15,18,33H,4,7-11H2,1-3H3,(H,28,32)(H,29,31)/b6-5+/t13?,14?,15?,18-,22-. The molecule has 33 heavy (non-hydrogen) atoms. The number of halogens is 3. The Bertz CT molecular complexity index is 953. The van der Waals surface area contributed by atoms with E-state index in [-0.39, 0.29) is 30.2 Å². The molecular weight excluding hydrogens is 437 g/mol. The first-order chi connectivity index (χ1) is 15.3. The number of nitrogens with zero attached hydrogens (tertiary/aromatic N) is 2. The summed E-state index contributed by atoms with van der Waals surface area (Å²) >= 11 is 0. The Morgan fingerprint density at radius 3 is 2.42 bits per heavy atom. The Morgan fingerprint density at radius 2 is 1.88 bits per heavy atom. The van der Waals surface area contributed by atoms with Gasteiger partial charge in [0.15, 0.2) is 5.69 Å². The summed E-state index contributed by atoms with van der Waals surface area (Å²) in [7, 11) is 0. The first-order valence-corrected chi connectivity index (χ1v) is 11.5. The molecular formula is C23H31F3N4O3. The largest absolute Gasteiger partial charge is 0.434 e. The van der Waals surface area contributed by atoms with E-state index in [1.165, 1.54) is 6.08 Å². The van der Waals surface area contributed by atoms with Crippen molar-refractivity contribution in [3.63, 3.8) is 0 Å². The zero-order valence-corrected chi connectivity index (χ0v) is 19.1. The van der Waals surface area contributed by atoms with Gasteiger partial charge in [-0.2, -0.15) is 18.3 Å². The molecule has 2 amide bonds. The molecule has 10 heteroatoms. The number of carbonyl (C=O) groups is 2.